The second kappa shape index (κ2) is 6.24. The predicted molar refractivity (Wildman–Crippen MR) is 80.1 cm³/mol. The Morgan fingerprint density at radius 2 is 2.05 bits per heavy atom. The van der Waals surface area contributed by atoms with Gasteiger partial charge in [0.05, 0.1) is 17.5 Å². The van der Waals surface area contributed by atoms with Crippen molar-refractivity contribution >= 4 is 27.2 Å². The standard InChI is InChI=1S/C14H18ClNO3S/c1-11(14(17)12-4-2-5-13(15)10-12)16-6-3-8-20(18,19)9-7-16/h2,4-5,10-11H,3,6-9H2,1H3. The van der Waals surface area contributed by atoms with Crippen molar-refractivity contribution < 1.29 is 13.2 Å². The zero-order valence-electron chi connectivity index (χ0n) is 11.4. The quantitative estimate of drug-likeness (QED) is 0.801. The van der Waals surface area contributed by atoms with Crippen LogP contribution in [-0.2, 0) is 9.84 Å². The maximum Gasteiger partial charge on any atom is 0.179 e. The third-order valence-electron chi connectivity index (χ3n) is 3.63. The molecule has 0 saturated carbocycles. The van der Waals surface area contributed by atoms with Gasteiger partial charge in [-0.15, -0.1) is 0 Å². The minimum absolute atomic E-state index is 0.0215. The number of halogens is 1. The summed E-state index contributed by atoms with van der Waals surface area (Å²) in [6, 6.07) is 6.52. The Morgan fingerprint density at radius 3 is 2.75 bits per heavy atom. The molecule has 1 atom stereocenters. The molecule has 1 aliphatic heterocycles. The smallest absolute Gasteiger partial charge is 0.179 e. The van der Waals surface area contributed by atoms with Crippen LogP contribution in [0.1, 0.15) is 23.7 Å². The molecule has 20 heavy (non-hydrogen) atoms. The van der Waals surface area contributed by atoms with E-state index in [-0.39, 0.29) is 23.3 Å². The van der Waals surface area contributed by atoms with E-state index >= 15 is 0 Å². The monoisotopic (exact) mass is 315 g/mol. The SMILES string of the molecule is CC(C(=O)c1cccc(Cl)c1)N1CCCS(=O)(=O)CC1. The Labute approximate surface area is 124 Å². The number of nitrogens with zero attached hydrogens (tertiary/aromatic N) is 1. The van der Waals surface area contributed by atoms with Crippen LogP contribution in [0, 0.1) is 0 Å². The van der Waals surface area contributed by atoms with Crippen LogP contribution in [0.4, 0.5) is 0 Å². The van der Waals surface area contributed by atoms with Gasteiger partial charge in [-0.2, -0.15) is 0 Å². The predicted octanol–water partition coefficient (Wildman–Crippen LogP) is 2.03. The lowest BCUT2D eigenvalue weighted by Gasteiger charge is -2.26. The maximum atomic E-state index is 12.4. The Kier molecular flexibility index (Phi) is 4.83. The number of rotatable bonds is 3. The molecule has 1 heterocycles. The van der Waals surface area contributed by atoms with Gasteiger partial charge in [0.25, 0.3) is 0 Å². The van der Waals surface area contributed by atoms with E-state index in [1.165, 1.54) is 0 Å². The number of hydrogen-bond donors (Lipinski definition) is 0. The van der Waals surface area contributed by atoms with Gasteiger partial charge in [0.1, 0.15) is 0 Å². The van der Waals surface area contributed by atoms with E-state index in [9.17, 15) is 13.2 Å². The molecule has 1 aliphatic rings. The fourth-order valence-corrected chi connectivity index (χ4v) is 3.87. The number of Topliss-reactive ketones (excluding diaryl/α,β-unsaturated/α-hetero) is 1. The van der Waals surface area contributed by atoms with E-state index in [1.807, 2.05) is 11.8 Å². The number of carbonyl (C=O) groups excluding carboxylic acids is 1. The normalized spacial score (nSPS) is 21.1. The van der Waals surface area contributed by atoms with E-state index in [1.54, 1.807) is 24.3 Å². The third kappa shape index (κ3) is 3.81. The number of benzene rings is 1. The number of carbonyl (C=O) groups is 1. The van der Waals surface area contributed by atoms with E-state index in [0.29, 0.717) is 30.1 Å². The third-order valence-corrected chi connectivity index (χ3v) is 5.58. The van der Waals surface area contributed by atoms with Crippen molar-refractivity contribution in [3.8, 4) is 0 Å². The van der Waals surface area contributed by atoms with Gasteiger partial charge in [-0.3, -0.25) is 9.69 Å². The second-order valence-corrected chi connectivity index (χ2v) is 7.83. The molecular weight excluding hydrogens is 298 g/mol. The molecule has 0 radical (unpaired) electrons. The largest absolute Gasteiger partial charge is 0.292 e. The minimum atomic E-state index is -2.96. The van der Waals surface area contributed by atoms with Crippen molar-refractivity contribution in [2.24, 2.45) is 0 Å². The Morgan fingerprint density at radius 1 is 1.30 bits per heavy atom. The summed E-state index contributed by atoms with van der Waals surface area (Å²) < 4.78 is 23.2. The second-order valence-electron chi connectivity index (χ2n) is 5.09. The van der Waals surface area contributed by atoms with Crippen molar-refractivity contribution in [2.75, 3.05) is 24.6 Å². The molecule has 2 rings (SSSR count). The average molecular weight is 316 g/mol. The van der Waals surface area contributed by atoms with E-state index in [0.717, 1.165) is 0 Å². The van der Waals surface area contributed by atoms with Gasteiger partial charge in [0.2, 0.25) is 0 Å². The summed E-state index contributed by atoms with van der Waals surface area (Å²) in [4.78, 5) is 14.4. The van der Waals surface area contributed by atoms with Gasteiger partial charge in [0.15, 0.2) is 15.6 Å². The highest BCUT2D eigenvalue weighted by Gasteiger charge is 2.26. The van der Waals surface area contributed by atoms with Crippen molar-refractivity contribution in [1.82, 2.24) is 4.90 Å². The zero-order chi connectivity index (χ0) is 14.8. The van der Waals surface area contributed by atoms with Crippen LogP contribution < -0.4 is 0 Å². The first-order chi connectivity index (χ1) is 9.39. The summed E-state index contributed by atoms with van der Waals surface area (Å²) in [5.41, 5.74) is 0.567. The molecule has 0 aliphatic carbocycles. The first-order valence-electron chi connectivity index (χ1n) is 6.63. The Hall–Kier alpha value is -0.910. The molecule has 1 saturated heterocycles. The van der Waals surface area contributed by atoms with Crippen LogP contribution in [-0.4, -0.2) is 49.7 Å². The highest BCUT2D eigenvalue weighted by molar-refractivity contribution is 7.91. The van der Waals surface area contributed by atoms with Gasteiger partial charge in [0, 0.05) is 17.1 Å². The van der Waals surface area contributed by atoms with Crippen LogP contribution in [0.2, 0.25) is 5.02 Å². The van der Waals surface area contributed by atoms with Crippen LogP contribution in [0.25, 0.3) is 0 Å². The van der Waals surface area contributed by atoms with Gasteiger partial charge >= 0.3 is 0 Å². The van der Waals surface area contributed by atoms with Crippen molar-refractivity contribution in [1.29, 1.82) is 0 Å². The molecule has 0 N–H and O–H groups in total. The van der Waals surface area contributed by atoms with E-state index in [2.05, 4.69) is 0 Å². The van der Waals surface area contributed by atoms with Crippen molar-refractivity contribution in [2.45, 2.75) is 19.4 Å². The molecule has 1 unspecified atom stereocenters. The van der Waals surface area contributed by atoms with E-state index in [4.69, 9.17) is 11.6 Å². The number of hydrogen-bond acceptors (Lipinski definition) is 4. The minimum Gasteiger partial charge on any atom is -0.292 e. The van der Waals surface area contributed by atoms with E-state index < -0.39 is 9.84 Å². The van der Waals surface area contributed by atoms with Gasteiger partial charge < -0.3 is 0 Å². The average Bonchev–Trinajstić information content (AvgIpc) is 2.58. The zero-order valence-corrected chi connectivity index (χ0v) is 13.0. The molecule has 0 bridgehead atoms. The summed E-state index contributed by atoms with van der Waals surface area (Å²) in [5.74, 6) is 0.314. The molecule has 4 nitrogen and oxygen atoms in total. The fourth-order valence-electron chi connectivity index (χ4n) is 2.39. The molecule has 1 aromatic rings. The van der Waals surface area contributed by atoms with Gasteiger partial charge in [-0.25, -0.2) is 8.42 Å². The van der Waals surface area contributed by atoms with Crippen LogP contribution in [0.15, 0.2) is 24.3 Å². The lowest BCUT2D eigenvalue weighted by molar-refractivity contribution is 0.0848. The highest BCUT2D eigenvalue weighted by atomic mass is 35.5. The molecule has 0 spiro atoms. The fraction of sp³-hybridized carbons (Fsp3) is 0.500. The molecule has 1 fully saturated rings. The Balaban J connectivity index is 2.11. The first kappa shape index (κ1) is 15.5. The van der Waals surface area contributed by atoms with Crippen LogP contribution in [0.5, 0.6) is 0 Å². The van der Waals surface area contributed by atoms with Gasteiger partial charge in [-0.1, -0.05) is 23.7 Å². The maximum absolute atomic E-state index is 12.4. The molecule has 6 heteroatoms. The summed E-state index contributed by atoms with van der Waals surface area (Å²) in [7, 11) is -2.96. The molecule has 1 aromatic carbocycles. The topological polar surface area (TPSA) is 54.5 Å². The number of ketones is 1. The number of sulfone groups is 1. The van der Waals surface area contributed by atoms with Crippen LogP contribution in [0.3, 0.4) is 0 Å². The highest BCUT2D eigenvalue weighted by Crippen LogP contribution is 2.16. The van der Waals surface area contributed by atoms with Crippen molar-refractivity contribution in [3.05, 3.63) is 34.9 Å². The molecule has 0 aromatic heterocycles. The van der Waals surface area contributed by atoms with Crippen LogP contribution >= 0.6 is 11.6 Å². The summed E-state index contributed by atoms with van der Waals surface area (Å²) in [6.07, 6.45) is 0.579. The summed E-state index contributed by atoms with van der Waals surface area (Å²) in [6.45, 7) is 2.86. The molecular formula is C14H18ClNO3S. The Bertz CT molecular complexity index is 600. The van der Waals surface area contributed by atoms with Crippen molar-refractivity contribution in [3.63, 3.8) is 0 Å². The summed E-state index contributed by atoms with van der Waals surface area (Å²) >= 11 is 5.90. The molecule has 110 valence electrons. The van der Waals surface area contributed by atoms with Gasteiger partial charge in [-0.05, 0) is 32.0 Å². The first-order valence-corrected chi connectivity index (χ1v) is 8.83. The lowest BCUT2D eigenvalue weighted by Crippen LogP contribution is -2.40. The molecule has 0 amide bonds. The lowest BCUT2D eigenvalue weighted by atomic mass is 10.0. The summed E-state index contributed by atoms with van der Waals surface area (Å²) in [5, 5.41) is 0.529.